The summed E-state index contributed by atoms with van der Waals surface area (Å²) in [6, 6.07) is 19.1. The van der Waals surface area contributed by atoms with Crippen molar-refractivity contribution < 1.29 is 81.2 Å². The van der Waals surface area contributed by atoms with E-state index in [-0.39, 0.29) is 68.2 Å². The van der Waals surface area contributed by atoms with Crippen LogP contribution in [0, 0.1) is 11.3 Å². The zero-order valence-corrected chi connectivity index (χ0v) is 34.7. The van der Waals surface area contributed by atoms with E-state index in [0.717, 1.165) is 35.6 Å². The van der Waals surface area contributed by atoms with Crippen LogP contribution in [-0.4, -0.2) is 74.4 Å². The number of fused-ring (bicyclic) bond motifs is 1. The van der Waals surface area contributed by atoms with Crippen molar-refractivity contribution in [3.05, 3.63) is 140 Å². The third-order valence-electron chi connectivity index (χ3n) is 8.00. The third kappa shape index (κ3) is 13.4. The van der Waals surface area contributed by atoms with Crippen LogP contribution in [-0.2, 0) is 43.2 Å². The molecular weight excluding hydrogens is 873 g/mol. The molecule has 332 valence electrons. The van der Waals surface area contributed by atoms with Gasteiger partial charge in [-0.25, -0.2) is 29.0 Å². The number of carbonyl (C=O) groups is 6. The van der Waals surface area contributed by atoms with Gasteiger partial charge in [-0.3, -0.25) is 9.68 Å². The van der Waals surface area contributed by atoms with Crippen molar-refractivity contribution in [1.29, 1.82) is 5.26 Å². The summed E-state index contributed by atoms with van der Waals surface area (Å²) >= 11 is 1.09. The number of carbonyl (C=O) groups excluding carboxylic acids is 6. The minimum Gasteiger partial charge on any atom is -0.464 e. The number of hydrogen-bond donors (Lipinski definition) is 0. The Morgan fingerprint density at radius 2 is 1.12 bits per heavy atom. The lowest BCUT2D eigenvalue weighted by molar-refractivity contribution is -0.293. The standard InChI is InChI=1S/C45H34N2O17S/c1-5-31(48)22-54-23-55-32-15-13-29(20-37(32)58-26-61-64-40(51)8-4)44(52)62-34-17-18-35(42-41(34)47-43(65-42)28-11-9-27(21-46)10-12-28)63-45(53)30-14-16-33(56-24-59-38(49)6-2)36(19-30)57-25-60-39(50)7-3/h5-20H,1-4,22-26H2. The van der Waals surface area contributed by atoms with E-state index in [9.17, 15) is 34.0 Å². The zero-order valence-electron chi connectivity index (χ0n) is 33.8. The van der Waals surface area contributed by atoms with Gasteiger partial charge < -0.3 is 42.6 Å². The van der Waals surface area contributed by atoms with Crippen molar-refractivity contribution in [2.75, 3.05) is 33.8 Å². The predicted octanol–water partition coefficient (Wildman–Crippen LogP) is 6.51. The van der Waals surface area contributed by atoms with Gasteiger partial charge in [0.25, 0.3) is 0 Å². The van der Waals surface area contributed by atoms with Crippen LogP contribution in [0.4, 0.5) is 0 Å². The van der Waals surface area contributed by atoms with Gasteiger partial charge in [0.2, 0.25) is 20.4 Å². The topological polar surface area (TPSA) is 241 Å². The number of ether oxygens (including phenoxy) is 9. The lowest BCUT2D eigenvalue weighted by atomic mass is 10.1. The first-order valence-corrected chi connectivity index (χ1v) is 19.2. The third-order valence-corrected chi connectivity index (χ3v) is 9.12. The summed E-state index contributed by atoms with van der Waals surface area (Å²) in [6.45, 7) is 10.7. The number of thiazole rings is 1. The Hall–Kier alpha value is -8.64. The molecule has 4 aromatic carbocycles. The quantitative estimate of drug-likeness (QED) is 0.0122. The number of hydrogen-bond acceptors (Lipinski definition) is 20. The molecule has 0 fully saturated rings. The summed E-state index contributed by atoms with van der Waals surface area (Å²) in [4.78, 5) is 87.4. The Kier molecular flexibility index (Phi) is 17.2. The molecule has 0 radical (unpaired) electrons. The normalized spacial score (nSPS) is 10.3. The van der Waals surface area contributed by atoms with E-state index in [1.54, 1.807) is 24.3 Å². The number of rotatable bonds is 24. The van der Waals surface area contributed by atoms with Crippen LogP contribution >= 0.6 is 11.3 Å². The van der Waals surface area contributed by atoms with Crippen molar-refractivity contribution in [3.63, 3.8) is 0 Å². The second kappa shape index (κ2) is 23.5. The van der Waals surface area contributed by atoms with Gasteiger partial charge in [-0.05, 0) is 66.7 Å². The molecule has 0 N–H and O–H groups in total. The zero-order chi connectivity index (χ0) is 46.7. The predicted molar refractivity (Wildman–Crippen MR) is 226 cm³/mol. The maximum absolute atomic E-state index is 13.7. The SMILES string of the molecule is C=CC(=O)COCOc1ccc(C(=O)Oc2ccc(OC(=O)c3ccc(OCOC(=O)C=C)c(OCOC(=O)C=C)c3)c3sc(-c4ccc(C#N)cc4)nc23)cc1OCOOC(=O)C=C. The maximum Gasteiger partial charge on any atom is 0.365 e. The number of esters is 4. The number of nitrogens with zero attached hydrogens (tertiary/aromatic N) is 2. The van der Waals surface area contributed by atoms with E-state index >= 15 is 0 Å². The highest BCUT2D eigenvalue weighted by Gasteiger charge is 2.23. The number of ketones is 1. The molecule has 0 aliphatic heterocycles. The summed E-state index contributed by atoms with van der Waals surface area (Å²) < 4.78 is 48.9. The molecule has 0 atom stereocenters. The Morgan fingerprint density at radius 3 is 1.69 bits per heavy atom. The molecule has 65 heavy (non-hydrogen) atoms. The van der Waals surface area contributed by atoms with E-state index in [4.69, 9.17) is 52.5 Å². The van der Waals surface area contributed by atoms with Gasteiger partial charge >= 0.3 is 29.8 Å². The average molecular weight is 907 g/mol. The molecule has 0 aliphatic carbocycles. The van der Waals surface area contributed by atoms with Gasteiger partial charge in [0.15, 0.2) is 47.1 Å². The highest BCUT2D eigenvalue weighted by atomic mass is 32.1. The Morgan fingerprint density at radius 1 is 0.600 bits per heavy atom. The highest BCUT2D eigenvalue weighted by molar-refractivity contribution is 7.22. The van der Waals surface area contributed by atoms with Gasteiger partial charge in [0, 0.05) is 23.8 Å². The summed E-state index contributed by atoms with van der Waals surface area (Å²) in [7, 11) is 0. The first-order chi connectivity index (χ1) is 31.5. The van der Waals surface area contributed by atoms with E-state index in [0.29, 0.717) is 16.1 Å². The smallest absolute Gasteiger partial charge is 0.365 e. The second-order valence-electron chi connectivity index (χ2n) is 12.2. The van der Waals surface area contributed by atoms with Gasteiger partial charge in [-0.1, -0.05) is 38.4 Å². The van der Waals surface area contributed by atoms with Crippen molar-refractivity contribution in [2.24, 2.45) is 0 Å². The monoisotopic (exact) mass is 906 g/mol. The largest absolute Gasteiger partial charge is 0.464 e. The van der Waals surface area contributed by atoms with Crippen LogP contribution in [0.15, 0.2) is 123 Å². The van der Waals surface area contributed by atoms with Crippen LogP contribution in [0.25, 0.3) is 20.8 Å². The minimum absolute atomic E-state index is 0.00491. The Balaban J connectivity index is 1.44. The Bertz CT molecular complexity index is 2680. The highest BCUT2D eigenvalue weighted by Crippen LogP contribution is 2.41. The summed E-state index contributed by atoms with van der Waals surface area (Å²) in [5.41, 5.74) is 0.976. The van der Waals surface area contributed by atoms with Crippen molar-refractivity contribution >= 4 is 57.2 Å². The molecule has 5 aromatic rings. The molecule has 1 heterocycles. The molecule has 20 heteroatoms. The fraction of sp³-hybridized carbons (Fsp3) is 0.111. The molecule has 0 spiro atoms. The second-order valence-corrected chi connectivity index (χ2v) is 13.2. The molecule has 0 saturated heterocycles. The molecule has 0 aliphatic rings. The van der Waals surface area contributed by atoms with E-state index in [2.05, 4.69) is 31.2 Å². The van der Waals surface area contributed by atoms with E-state index in [1.807, 2.05) is 6.07 Å². The molecule has 5 rings (SSSR count). The van der Waals surface area contributed by atoms with Gasteiger partial charge in [-0.15, -0.1) is 16.2 Å². The minimum atomic E-state index is -0.903. The molecule has 19 nitrogen and oxygen atoms in total. The van der Waals surface area contributed by atoms with Gasteiger partial charge in [-0.2, -0.15) is 5.26 Å². The summed E-state index contributed by atoms with van der Waals surface area (Å²) in [6.07, 6.45) is 3.80. The van der Waals surface area contributed by atoms with E-state index in [1.165, 1.54) is 48.5 Å². The number of nitriles is 1. The fourth-order valence-corrected chi connectivity index (χ4v) is 5.95. The van der Waals surface area contributed by atoms with E-state index < -0.39 is 57.0 Å². The molecule has 0 saturated carbocycles. The fourth-order valence-electron chi connectivity index (χ4n) is 4.92. The van der Waals surface area contributed by atoms with Crippen molar-refractivity contribution in [2.45, 2.75) is 0 Å². The van der Waals surface area contributed by atoms with Crippen LogP contribution in [0.3, 0.4) is 0 Å². The van der Waals surface area contributed by atoms with Crippen molar-refractivity contribution in [1.82, 2.24) is 4.98 Å². The average Bonchev–Trinajstić information content (AvgIpc) is 3.79. The first kappa shape index (κ1) is 47.4. The summed E-state index contributed by atoms with van der Waals surface area (Å²) in [5, 5.41) is 9.73. The van der Waals surface area contributed by atoms with Crippen LogP contribution in [0.2, 0.25) is 0 Å². The van der Waals surface area contributed by atoms with Crippen LogP contribution in [0.5, 0.6) is 34.5 Å². The molecule has 0 unspecified atom stereocenters. The van der Waals surface area contributed by atoms with Crippen LogP contribution < -0.4 is 28.4 Å². The van der Waals surface area contributed by atoms with Crippen molar-refractivity contribution in [3.8, 4) is 51.1 Å². The lowest BCUT2D eigenvalue weighted by Crippen LogP contribution is -2.13. The molecule has 0 amide bonds. The number of aromatic nitrogens is 1. The number of benzene rings is 4. The van der Waals surface area contributed by atoms with Gasteiger partial charge in [0.05, 0.1) is 22.8 Å². The van der Waals surface area contributed by atoms with Crippen LogP contribution in [0.1, 0.15) is 26.3 Å². The molecular formula is C45H34N2O17S. The summed E-state index contributed by atoms with van der Waals surface area (Å²) in [5.74, 6) is -4.80. The van der Waals surface area contributed by atoms with Gasteiger partial charge in [0.1, 0.15) is 21.8 Å². The lowest BCUT2D eigenvalue weighted by Gasteiger charge is -2.14. The molecule has 1 aromatic heterocycles. The maximum atomic E-state index is 13.7. The molecule has 0 bridgehead atoms. The Labute approximate surface area is 372 Å². The first-order valence-electron chi connectivity index (χ1n) is 18.4.